The average Bonchev–Trinajstić information content (AvgIpc) is 2.99. The molecule has 0 atom stereocenters. The number of phenols is 1. The molecule has 126 valence electrons. The first-order valence-electron chi connectivity index (χ1n) is 7.14. The smallest absolute Gasteiger partial charge is 0.335 e. The van der Waals surface area contributed by atoms with E-state index in [1.54, 1.807) is 19.1 Å². The molecule has 0 radical (unpaired) electrons. The fourth-order valence-corrected chi connectivity index (χ4v) is 2.63. The lowest BCUT2D eigenvalue weighted by Crippen LogP contribution is -2.03. The predicted molar refractivity (Wildman–Crippen MR) is 83.9 cm³/mol. The molecule has 1 heterocycles. The molecular weight excluding hydrogens is 316 g/mol. The monoisotopic (exact) mass is 332 g/mol. The maximum absolute atomic E-state index is 11.4. The first-order chi connectivity index (χ1) is 11.5. The molecule has 0 aliphatic carbocycles. The number of aromatic hydroxyl groups is 1. The minimum Gasteiger partial charge on any atom is -0.507 e. The fraction of sp³-hybridized carbons (Fsp3) is 0.235. The van der Waals surface area contributed by atoms with Crippen LogP contribution in [-0.2, 0) is 4.74 Å². The Morgan fingerprint density at radius 2 is 1.96 bits per heavy atom. The van der Waals surface area contributed by atoms with Gasteiger partial charge in [-0.05, 0) is 30.7 Å². The molecule has 2 N–H and O–H groups in total. The molecule has 0 saturated heterocycles. The second-order valence-electron chi connectivity index (χ2n) is 5.19. The van der Waals surface area contributed by atoms with Crippen molar-refractivity contribution in [2.75, 3.05) is 20.7 Å². The van der Waals surface area contributed by atoms with Gasteiger partial charge in [0.25, 0.3) is 0 Å². The normalized spacial score (nSPS) is 12.2. The van der Waals surface area contributed by atoms with Crippen LogP contribution in [0.4, 0.5) is 0 Å². The van der Waals surface area contributed by atoms with E-state index in [1.807, 2.05) is 0 Å². The Hall–Kier alpha value is -2.93. The van der Waals surface area contributed by atoms with Crippen molar-refractivity contribution in [1.29, 1.82) is 0 Å². The van der Waals surface area contributed by atoms with E-state index in [4.69, 9.17) is 18.9 Å². The number of carbonyl (C=O) groups is 1. The van der Waals surface area contributed by atoms with Crippen LogP contribution in [0.15, 0.2) is 24.3 Å². The third-order valence-electron chi connectivity index (χ3n) is 3.75. The van der Waals surface area contributed by atoms with Crippen molar-refractivity contribution in [3.63, 3.8) is 0 Å². The molecule has 0 fully saturated rings. The lowest BCUT2D eigenvalue weighted by Gasteiger charge is -2.16. The third kappa shape index (κ3) is 2.69. The summed E-state index contributed by atoms with van der Waals surface area (Å²) in [6.07, 6.45) is 0. The Bertz CT molecular complexity index is 798. The van der Waals surface area contributed by atoms with E-state index in [0.717, 1.165) is 0 Å². The Kier molecular flexibility index (Phi) is 4.18. The summed E-state index contributed by atoms with van der Waals surface area (Å²) < 4.78 is 21.2. The van der Waals surface area contributed by atoms with E-state index in [0.29, 0.717) is 33.9 Å². The van der Waals surface area contributed by atoms with Crippen LogP contribution in [0.2, 0.25) is 0 Å². The zero-order valence-corrected chi connectivity index (χ0v) is 13.2. The molecule has 0 amide bonds. The molecule has 3 rings (SSSR count). The van der Waals surface area contributed by atoms with E-state index < -0.39 is 5.97 Å². The van der Waals surface area contributed by atoms with Gasteiger partial charge in [0.2, 0.25) is 6.79 Å². The van der Waals surface area contributed by atoms with Gasteiger partial charge in [-0.25, -0.2) is 4.79 Å². The standard InChI is InChI=1S/C17H16O7/c1-9-10(17(19)20)3-4-12(18)16(9)11-5-14-15(24-8-23-14)6-13(11)22-7-21-2/h3-6,18H,7-8H2,1-2H3,(H,19,20). The van der Waals surface area contributed by atoms with Crippen molar-refractivity contribution in [3.8, 4) is 34.1 Å². The summed E-state index contributed by atoms with van der Waals surface area (Å²) in [5.74, 6) is 0.264. The number of aromatic carboxylic acids is 1. The topological polar surface area (TPSA) is 94.5 Å². The van der Waals surface area contributed by atoms with Gasteiger partial charge in [0, 0.05) is 24.3 Å². The minimum absolute atomic E-state index is 0.00885. The van der Waals surface area contributed by atoms with Crippen molar-refractivity contribution in [2.24, 2.45) is 0 Å². The molecule has 1 aliphatic rings. The number of carboxylic acids is 1. The molecule has 1 aliphatic heterocycles. The van der Waals surface area contributed by atoms with Gasteiger partial charge < -0.3 is 29.2 Å². The molecule has 0 spiro atoms. The summed E-state index contributed by atoms with van der Waals surface area (Å²) in [6.45, 7) is 1.71. The zero-order chi connectivity index (χ0) is 17.3. The van der Waals surface area contributed by atoms with Crippen LogP contribution in [0.5, 0.6) is 23.0 Å². The van der Waals surface area contributed by atoms with Crippen molar-refractivity contribution >= 4 is 5.97 Å². The summed E-state index contributed by atoms with van der Waals surface area (Å²) >= 11 is 0. The number of hydrogen-bond donors (Lipinski definition) is 2. The Morgan fingerprint density at radius 1 is 1.25 bits per heavy atom. The van der Waals surface area contributed by atoms with Crippen LogP contribution in [0.3, 0.4) is 0 Å². The van der Waals surface area contributed by atoms with Crippen molar-refractivity contribution in [3.05, 3.63) is 35.4 Å². The first-order valence-corrected chi connectivity index (χ1v) is 7.14. The highest BCUT2D eigenvalue weighted by atomic mass is 16.7. The molecule has 0 aromatic heterocycles. The molecule has 7 nitrogen and oxygen atoms in total. The van der Waals surface area contributed by atoms with Gasteiger partial charge in [0.05, 0.1) is 5.56 Å². The number of benzene rings is 2. The maximum atomic E-state index is 11.4. The Balaban J connectivity index is 2.21. The Morgan fingerprint density at radius 3 is 2.62 bits per heavy atom. The molecule has 7 heteroatoms. The van der Waals surface area contributed by atoms with Crippen LogP contribution >= 0.6 is 0 Å². The summed E-state index contributed by atoms with van der Waals surface area (Å²) in [7, 11) is 1.49. The largest absolute Gasteiger partial charge is 0.507 e. The highest BCUT2D eigenvalue weighted by molar-refractivity contribution is 5.94. The molecule has 0 saturated carbocycles. The molecule has 0 unspecified atom stereocenters. The van der Waals surface area contributed by atoms with Crippen molar-refractivity contribution < 1.29 is 34.0 Å². The van der Waals surface area contributed by atoms with E-state index in [9.17, 15) is 15.0 Å². The second-order valence-corrected chi connectivity index (χ2v) is 5.19. The van der Waals surface area contributed by atoms with Crippen LogP contribution in [0.1, 0.15) is 15.9 Å². The number of phenolic OH excluding ortho intramolecular Hbond substituents is 1. The summed E-state index contributed by atoms with van der Waals surface area (Å²) in [6, 6.07) is 5.99. The number of carboxylic acid groups (broad SMARTS) is 1. The van der Waals surface area contributed by atoms with Crippen molar-refractivity contribution in [2.45, 2.75) is 6.92 Å². The van der Waals surface area contributed by atoms with E-state index in [2.05, 4.69) is 0 Å². The van der Waals surface area contributed by atoms with Gasteiger partial charge in [0.15, 0.2) is 18.3 Å². The van der Waals surface area contributed by atoms with Gasteiger partial charge in [-0.1, -0.05) is 0 Å². The molecule has 24 heavy (non-hydrogen) atoms. The summed E-state index contributed by atoms with van der Waals surface area (Å²) in [5.41, 5.74) is 1.37. The Labute approximate surface area is 138 Å². The predicted octanol–water partition coefficient (Wildman–Crippen LogP) is 2.78. The zero-order valence-electron chi connectivity index (χ0n) is 13.2. The molecule has 2 aromatic rings. The summed E-state index contributed by atoms with van der Waals surface area (Å²) in [5, 5.41) is 19.6. The highest BCUT2D eigenvalue weighted by Crippen LogP contribution is 2.46. The summed E-state index contributed by atoms with van der Waals surface area (Å²) in [4.78, 5) is 11.4. The lowest BCUT2D eigenvalue weighted by atomic mass is 9.94. The highest BCUT2D eigenvalue weighted by Gasteiger charge is 2.23. The number of ether oxygens (including phenoxy) is 4. The van der Waals surface area contributed by atoms with E-state index >= 15 is 0 Å². The van der Waals surface area contributed by atoms with E-state index in [1.165, 1.54) is 19.2 Å². The van der Waals surface area contributed by atoms with Crippen LogP contribution in [-0.4, -0.2) is 36.9 Å². The van der Waals surface area contributed by atoms with E-state index in [-0.39, 0.29) is 24.9 Å². The van der Waals surface area contributed by atoms with Crippen LogP contribution in [0.25, 0.3) is 11.1 Å². The van der Waals surface area contributed by atoms with Crippen LogP contribution < -0.4 is 14.2 Å². The minimum atomic E-state index is -1.08. The number of hydrogen-bond acceptors (Lipinski definition) is 6. The number of fused-ring (bicyclic) bond motifs is 1. The molecular formula is C17H16O7. The van der Waals surface area contributed by atoms with Crippen LogP contribution in [0, 0.1) is 6.92 Å². The number of methoxy groups -OCH3 is 1. The fourth-order valence-electron chi connectivity index (χ4n) is 2.63. The van der Waals surface area contributed by atoms with Gasteiger partial charge in [-0.15, -0.1) is 0 Å². The van der Waals surface area contributed by atoms with Gasteiger partial charge in [0.1, 0.15) is 11.5 Å². The van der Waals surface area contributed by atoms with Gasteiger partial charge >= 0.3 is 5.97 Å². The quantitative estimate of drug-likeness (QED) is 0.813. The maximum Gasteiger partial charge on any atom is 0.335 e. The van der Waals surface area contributed by atoms with Gasteiger partial charge in [-0.2, -0.15) is 0 Å². The number of rotatable bonds is 5. The van der Waals surface area contributed by atoms with Crippen molar-refractivity contribution in [1.82, 2.24) is 0 Å². The average molecular weight is 332 g/mol. The lowest BCUT2D eigenvalue weighted by molar-refractivity contribution is 0.0513. The first kappa shape index (κ1) is 15.9. The molecule has 0 bridgehead atoms. The second kappa shape index (κ2) is 6.29. The SMILES string of the molecule is COCOc1cc2c(cc1-c1c(O)ccc(C(=O)O)c1C)OCO2. The van der Waals surface area contributed by atoms with Gasteiger partial charge in [-0.3, -0.25) is 0 Å². The third-order valence-corrected chi connectivity index (χ3v) is 3.75. The molecule has 2 aromatic carbocycles.